The number of carbonyl (C=O) groups is 1. The van der Waals surface area contributed by atoms with Crippen molar-refractivity contribution in [2.75, 3.05) is 44.3 Å². The highest BCUT2D eigenvalue weighted by Crippen LogP contribution is 2.37. The molecule has 1 saturated heterocycles. The lowest BCUT2D eigenvalue weighted by Crippen LogP contribution is -2.48. The molecule has 0 radical (unpaired) electrons. The number of pyridine rings is 1. The van der Waals surface area contributed by atoms with Gasteiger partial charge in [-0.2, -0.15) is 0 Å². The Balaban J connectivity index is 1.30. The van der Waals surface area contributed by atoms with E-state index in [1.165, 1.54) is 17.4 Å². The molecule has 31 heavy (non-hydrogen) atoms. The van der Waals surface area contributed by atoms with E-state index in [0.29, 0.717) is 36.9 Å². The maximum atomic E-state index is 13.3. The summed E-state index contributed by atoms with van der Waals surface area (Å²) in [5, 5.41) is 0.703. The third kappa shape index (κ3) is 4.32. The monoisotopic (exact) mass is 433 g/mol. The second kappa shape index (κ2) is 8.89. The van der Waals surface area contributed by atoms with Gasteiger partial charge < -0.3 is 19.3 Å². The Bertz CT molecular complexity index is 1070. The molecule has 2 aliphatic rings. The molecule has 3 heterocycles. The number of nitrogens with zero attached hydrogens (tertiary/aromatic N) is 3. The molecule has 2 aliphatic heterocycles. The first-order chi connectivity index (χ1) is 15.3. The Morgan fingerprint density at radius 3 is 2.45 bits per heavy atom. The molecule has 158 valence electrons. The number of fused-ring (bicyclic) bond motifs is 1. The molecule has 0 unspecified atom stereocenters. The van der Waals surface area contributed by atoms with Crippen LogP contribution in [0.2, 0.25) is 0 Å². The number of carbonyl (C=O) groups excluding carboxylic acids is 1. The maximum absolute atomic E-state index is 13.3. The van der Waals surface area contributed by atoms with E-state index in [4.69, 9.17) is 9.47 Å². The molecule has 5 rings (SSSR count). The van der Waals surface area contributed by atoms with Crippen LogP contribution in [0.4, 0.5) is 5.69 Å². The second-order valence-electron chi connectivity index (χ2n) is 7.38. The van der Waals surface area contributed by atoms with Gasteiger partial charge in [-0.3, -0.25) is 4.79 Å². The summed E-state index contributed by atoms with van der Waals surface area (Å²) in [6.45, 7) is 4.13. The normalized spacial score (nSPS) is 15.6. The predicted molar refractivity (Wildman–Crippen MR) is 120 cm³/mol. The van der Waals surface area contributed by atoms with Gasteiger partial charge in [0.1, 0.15) is 18.2 Å². The standard InChI is InChI=1S/C24H23N3O3S/c28-24(27-13-11-26(12-14-27)18-5-2-1-3-6-18)20-7-4-10-25-23(20)31-19-8-9-21-22(17-19)30-16-15-29-21/h1-10,17H,11-16H2. The van der Waals surface area contributed by atoms with Gasteiger partial charge in [0.05, 0.1) is 5.56 Å². The van der Waals surface area contributed by atoms with E-state index in [-0.39, 0.29) is 5.91 Å². The van der Waals surface area contributed by atoms with E-state index in [1.807, 2.05) is 53.4 Å². The molecule has 6 nitrogen and oxygen atoms in total. The summed E-state index contributed by atoms with van der Waals surface area (Å²) in [7, 11) is 0. The van der Waals surface area contributed by atoms with E-state index < -0.39 is 0 Å². The molecule has 0 saturated carbocycles. The van der Waals surface area contributed by atoms with Gasteiger partial charge in [-0.25, -0.2) is 4.98 Å². The summed E-state index contributed by atoms with van der Waals surface area (Å²) >= 11 is 1.47. The van der Waals surface area contributed by atoms with Crippen LogP contribution in [-0.2, 0) is 0 Å². The van der Waals surface area contributed by atoms with Gasteiger partial charge in [0.15, 0.2) is 11.5 Å². The van der Waals surface area contributed by atoms with Crippen LogP contribution in [0, 0.1) is 0 Å². The van der Waals surface area contributed by atoms with E-state index in [0.717, 1.165) is 29.5 Å². The topological polar surface area (TPSA) is 54.9 Å². The first-order valence-corrected chi connectivity index (χ1v) is 11.2. The molecule has 1 amide bonds. The zero-order chi connectivity index (χ0) is 21.0. The van der Waals surface area contributed by atoms with Crippen molar-refractivity contribution in [2.45, 2.75) is 9.92 Å². The molecule has 3 aromatic rings. The van der Waals surface area contributed by atoms with Gasteiger partial charge in [-0.1, -0.05) is 30.0 Å². The SMILES string of the molecule is O=C(c1cccnc1Sc1ccc2c(c1)OCCO2)N1CCN(c2ccccc2)CC1. The number of amides is 1. The lowest BCUT2D eigenvalue weighted by atomic mass is 10.2. The van der Waals surface area contributed by atoms with Crippen LogP contribution in [0.1, 0.15) is 10.4 Å². The Kier molecular flexibility index (Phi) is 5.67. The van der Waals surface area contributed by atoms with Crippen molar-refractivity contribution in [1.82, 2.24) is 9.88 Å². The number of rotatable bonds is 4. The minimum absolute atomic E-state index is 0.0286. The zero-order valence-corrected chi connectivity index (χ0v) is 17.9. The van der Waals surface area contributed by atoms with Gasteiger partial charge in [-0.15, -0.1) is 0 Å². The largest absolute Gasteiger partial charge is 0.486 e. The Morgan fingerprint density at radius 2 is 1.65 bits per heavy atom. The van der Waals surface area contributed by atoms with Gasteiger partial charge >= 0.3 is 0 Å². The quantitative estimate of drug-likeness (QED) is 0.621. The van der Waals surface area contributed by atoms with E-state index in [9.17, 15) is 4.79 Å². The summed E-state index contributed by atoms with van der Waals surface area (Å²) in [6, 6.07) is 19.8. The molecule has 1 fully saturated rings. The van der Waals surface area contributed by atoms with Crippen molar-refractivity contribution in [3.8, 4) is 11.5 Å². The van der Waals surface area contributed by atoms with Gasteiger partial charge in [-0.05, 0) is 42.5 Å². The highest BCUT2D eigenvalue weighted by molar-refractivity contribution is 7.99. The number of hydrogen-bond donors (Lipinski definition) is 0. The minimum atomic E-state index is 0.0286. The van der Waals surface area contributed by atoms with E-state index in [2.05, 4.69) is 22.0 Å². The third-order valence-electron chi connectivity index (χ3n) is 5.42. The molecular formula is C24H23N3O3S. The molecule has 2 aromatic carbocycles. The highest BCUT2D eigenvalue weighted by Gasteiger charge is 2.25. The van der Waals surface area contributed by atoms with E-state index in [1.54, 1.807) is 6.20 Å². The Labute approximate surface area is 185 Å². The van der Waals surface area contributed by atoms with Crippen LogP contribution in [0.15, 0.2) is 76.8 Å². The van der Waals surface area contributed by atoms with Crippen LogP contribution in [0.3, 0.4) is 0 Å². The summed E-state index contributed by atoms with van der Waals surface area (Å²) in [4.78, 5) is 23.0. The Hall–Kier alpha value is -3.19. The average molecular weight is 434 g/mol. The number of anilines is 1. The van der Waals surface area contributed by atoms with Crippen LogP contribution in [-0.4, -0.2) is 55.2 Å². The molecular weight excluding hydrogens is 410 g/mol. The zero-order valence-electron chi connectivity index (χ0n) is 17.1. The van der Waals surface area contributed by atoms with Gasteiger partial charge in [0.2, 0.25) is 0 Å². The smallest absolute Gasteiger partial charge is 0.256 e. The molecule has 0 spiro atoms. The summed E-state index contributed by atoms with van der Waals surface area (Å²) in [5.41, 5.74) is 1.83. The number of para-hydroxylation sites is 1. The average Bonchev–Trinajstić information content (AvgIpc) is 2.84. The number of aromatic nitrogens is 1. The fourth-order valence-electron chi connectivity index (χ4n) is 3.81. The minimum Gasteiger partial charge on any atom is -0.486 e. The molecule has 0 N–H and O–H groups in total. The van der Waals surface area contributed by atoms with Crippen molar-refractivity contribution >= 4 is 23.4 Å². The van der Waals surface area contributed by atoms with Gasteiger partial charge in [0, 0.05) is 43.0 Å². The first-order valence-electron chi connectivity index (χ1n) is 10.4. The number of ether oxygens (including phenoxy) is 2. The molecule has 0 bridgehead atoms. The molecule has 7 heteroatoms. The number of hydrogen-bond acceptors (Lipinski definition) is 6. The Morgan fingerprint density at radius 1 is 0.871 bits per heavy atom. The van der Waals surface area contributed by atoms with Crippen LogP contribution < -0.4 is 14.4 Å². The fraction of sp³-hybridized carbons (Fsp3) is 0.250. The number of benzene rings is 2. The fourth-order valence-corrected chi connectivity index (χ4v) is 4.71. The van der Waals surface area contributed by atoms with E-state index >= 15 is 0 Å². The van der Waals surface area contributed by atoms with Crippen LogP contribution >= 0.6 is 11.8 Å². The van der Waals surface area contributed by atoms with Crippen molar-refractivity contribution in [1.29, 1.82) is 0 Å². The van der Waals surface area contributed by atoms with Crippen molar-refractivity contribution in [3.63, 3.8) is 0 Å². The lowest BCUT2D eigenvalue weighted by Gasteiger charge is -2.36. The third-order valence-corrected chi connectivity index (χ3v) is 6.43. The molecule has 0 atom stereocenters. The highest BCUT2D eigenvalue weighted by atomic mass is 32.2. The van der Waals surface area contributed by atoms with Crippen molar-refractivity contribution in [2.24, 2.45) is 0 Å². The van der Waals surface area contributed by atoms with Crippen LogP contribution in [0.5, 0.6) is 11.5 Å². The first kappa shape index (κ1) is 19.8. The van der Waals surface area contributed by atoms with Crippen molar-refractivity contribution < 1.29 is 14.3 Å². The van der Waals surface area contributed by atoms with Crippen LogP contribution in [0.25, 0.3) is 0 Å². The number of piperazine rings is 1. The summed E-state index contributed by atoms with van der Waals surface area (Å²) in [5.74, 6) is 1.52. The maximum Gasteiger partial charge on any atom is 0.256 e. The predicted octanol–water partition coefficient (Wildman–Crippen LogP) is 3.97. The second-order valence-corrected chi connectivity index (χ2v) is 8.44. The van der Waals surface area contributed by atoms with Crippen molar-refractivity contribution in [3.05, 3.63) is 72.4 Å². The summed E-state index contributed by atoms with van der Waals surface area (Å²) in [6.07, 6.45) is 1.73. The summed E-state index contributed by atoms with van der Waals surface area (Å²) < 4.78 is 11.3. The molecule has 0 aliphatic carbocycles. The molecule has 1 aromatic heterocycles. The van der Waals surface area contributed by atoms with Gasteiger partial charge in [0.25, 0.3) is 5.91 Å². The lowest BCUT2D eigenvalue weighted by molar-refractivity contribution is 0.0742.